The number of aromatic nitrogens is 4. The Bertz CT molecular complexity index is 761. The van der Waals surface area contributed by atoms with Crippen LogP contribution in [0.15, 0.2) is 12.7 Å². The molecule has 2 aliphatic rings. The van der Waals surface area contributed by atoms with Crippen LogP contribution in [0, 0.1) is 5.92 Å². The number of hydrogen-bond donors (Lipinski definition) is 0. The van der Waals surface area contributed by atoms with E-state index in [0.717, 1.165) is 44.3 Å². The highest BCUT2D eigenvalue weighted by Gasteiger charge is 2.47. The van der Waals surface area contributed by atoms with Gasteiger partial charge in [-0.2, -0.15) is 0 Å². The Morgan fingerprint density at radius 3 is 2.92 bits per heavy atom. The molecular weight excluding hydrogens is 326 g/mol. The molecule has 1 unspecified atom stereocenters. The number of hydrogen-bond acceptors (Lipinski definition) is 4. The maximum absolute atomic E-state index is 12.4. The van der Waals surface area contributed by atoms with Crippen molar-refractivity contribution >= 4 is 28.7 Å². The molecule has 1 saturated heterocycles. The summed E-state index contributed by atoms with van der Waals surface area (Å²) in [5.41, 5.74) is 1.46. The van der Waals surface area contributed by atoms with Gasteiger partial charge in [0, 0.05) is 25.0 Å². The molecule has 2 aromatic rings. The number of carbonyl (C=O) groups is 1. The molecule has 1 saturated carbocycles. The number of rotatable bonds is 5. The van der Waals surface area contributed by atoms with Gasteiger partial charge in [0.1, 0.15) is 11.8 Å². The number of imidazole rings is 1. The fraction of sp³-hybridized carbons (Fsp3) is 0.647. The van der Waals surface area contributed by atoms with E-state index < -0.39 is 0 Å². The summed E-state index contributed by atoms with van der Waals surface area (Å²) in [5.74, 6) is 0.812. The average Bonchev–Trinajstić information content (AvgIpc) is 3.28. The van der Waals surface area contributed by atoms with Crippen molar-refractivity contribution in [3.63, 3.8) is 0 Å². The minimum Gasteiger partial charge on any atom is -0.339 e. The molecule has 128 valence electrons. The summed E-state index contributed by atoms with van der Waals surface area (Å²) in [7, 11) is 0. The topological polar surface area (TPSA) is 63.9 Å². The van der Waals surface area contributed by atoms with E-state index in [1.165, 1.54) is 6.33 Å². The summed E-state index contributed by atoms with van der Waals surface area (Å²) in [6.07, 6.45) is 9.37. The second-order valence-electron chi connectivity index (χ2n) is 6.94. The lowest BCUT2D eigenvalue weighted by atomic mass is 10.0. The number of fused-ring (bicyclic) bond motifs is 3. The Balaban J connectivity index is 1.48. The molecular formula is C17H22ClN5O. The normalized spacial score (nSPS) is 25.8. The van der Waals surface area contributed by atoms with Crippen LogP contribution in [-0.4, -0.2) is 42.9 Å². The molecule has 2 aromatic heterocycles. The number of amides is 1. The summed E-state index contributed by atoms with van der Waals surface area (Å²) >= 11 is 6.10. The average molecular weight is 348 g/mol. The van der Waals surface area contributed by atoms with Crippen LogP contribution in [0.25, 0.3) is 11.2 Å². The van der Waals surface area contributed by atoms with Gasteiger partial charge in [0.05, 0.1) is 6.33 Å². The van der Waals surface area contributed by atoms with Crippen LogP contribution >= 0.6 is 11.6 Å². The Labute approximate surface area is 146 Å². The largest absolute Gasteiger partial charge is 0.339 e. The van der Waals surface area contributed by atoms with Crippen LogP contribution in [0.2, 0.25) is 5.15 Å². The Morgan fingerprint density at radius 1 is 1.29 bits per heavy atom. The first-order chi connectivity index (χ1) is 11.7. The van der Waals surface area contributed by atoms with Gasteiger partial charge in [-0.25, -0.2) is 15.0 Å². The molecule has 2 fully saturated rings. The van der Waals surface area contributed by atoms with E-state index in [1.54, 1.807) is 0 Å². The van der Waals surface area contributed by atoms with Crippen LogP contribution in [0.3, 0.4) is 0 Å². The van der Waals surface area contributed by atoms with Crippen LogP contribution < -0.4 is 0 Å². The number of halogens is 1. The molecule has 2 bridgehead atoms. The molecule has 0 N–H and O–H groups in total. The van der Waals surface area contributed by atoms with Crippen molar-refractivity contribution < 1.29 is 4.79 Å². The molecule has 0 spiro atoms. The second kappa shape index (κ2) is 6.31. The Hall–Kier alpha value is -1.69. The number of likely N-dealkylation sites (tertiary alicyclic amines) is 1. The van der Waals surface area contributed by atoms with E-state index in [2.05, 4.69) is 31.3 Å². The summed E-state index contributed by atoms with van der Waals surface area (Å²) < 4.78 is 2.13. The van der Waals surface area contributed by atoms with E-state index in [1.807, 2.05) is 6.33 Å². The molecule has 3 heterocycles. The van der Waals surface area contributed by atoms with Crippen molar-refractivity contribution in [1.29, 1.82) is 0 Å². The lowest BCUT2D eigenvalue weighted by Crippen LogP contribution is -2.40. The Morgan fingerprint density at radius 2 is 2.17 bits per heavy atom. The lowest BCUT2D eigenvalue weighted by molar-refractivity contribution is -0.133. The smallest absolute Gasteiger partial charge is 0.222 e. The van der Waals surface area contributed by atoms with E-state index >= 15 is 0 Å². The molecule has 3 atom stereocenters. The Kier molecular flexibility index (Phi) is 4.16. The van der Waals surface area contributed by atoms with Crippen LogP contribution in [0.4, 0.5) is 0 Å². The van der Waals surface area contributed by atoms with Crippen molar-refractivity contribution in [3.8, 4) is 0 Å². The van der Waals surface area contributed by atoms with Gasteiger partial charge >= 0.3 is 0 Å². The monoisotopic (exact) mass is 347 g/mol. The molecule has 24 heavy (non-hydrogen) atoms. The van der Waals surface area contributed by atoms with Gasteiger partial charge in [-0.15, -0.1) is 0 Å². The number of nitrogens with zero attached hydrogens (tertiary/aromatic N) is 5. The van der Waals surface area contributed by atoms with Gasteiger partial charge in [0.2, 0.25) is 5.91 Å². The van der Waals surface area contributed by atoms with E-state index in [9.17, 15) is 4.79 Å². The zero-order valence-corrected chi connectivity index (χ0v) is 14.6. The zero-order chi connectivity index (χ0) is 16.7. The SMILES string of the molecule is CCCCCC(=O)N1C[C@H]2C[C@@H]1CC2n1cnc2c(Cl)ncnc21. The van der Waals surface area contributed by atoms with Gasteiger partial charge < -0.3 is 9.47 Å². The predicted molar refractivity (Wildman–Crippen MR) is 91.7 cm³/mol. The summed E-state index contributed by atoms with van der Waals surface area (Å²) in [6, 6.07) is 0.717. The quantitative estimate of drug-likeness (QED) is 0.615. The molecule has 4 rings (SSSR count). The highest BCUT2D eigenvalue weighted by Crippen LogP contribution is 2.46. The summed E-state index contributed by atoms with van der Waals surface area (Å²) in [6.45, 7) is 3.02. The molecule has 0 radical (unpaired) electrons. The third-order valence-corrected chi connectivity index (χ3v) is 5.77. The first kappa shape index (κ1) is 15.8. The maximum atomic E-state index is 12.4. The molecule has 1 amide bonds. The van der Waals surface area contributed by atoms with E-state index in [-0.39, 0.29) is 0 Å². The minimum atomic E-state index is 0.329. The maximum Gasteiger partial charge on any atom is 0.222 e. The number of carbonyl (C=O) groups excluding carboxylic acids is 1. The number of piperidine rings is 1. The minimum absolute atomic E-state index is 0.329. The summed E-state index contributed by atoms with van der Waals surface area (Å²) in [4.78, 5) is 27.3. The summed E-state index contributed by atoms with van der Waals surface area (Å²) in [5, 5.41) is 0.398. The molecule has 0 aromatic carbocycles. The molecule has 1 aliphatic carbocycles. The van der Waals surface area contributed by atoms with Gasteiger partial charge in [-0.3, -0.25) is 4.79 Å². The van der Waals surface area contributed by atoms with Gasteiger partial charge in [-0.1, -0.05) is 31.4 Å². The molecule has 6 nitrogen and oxygen atoms in total. The molecule has 7 heteroatoms. The van der Waals surface area contributed by atoms with Crippen molar-refractivity contribution in [3.05, 3.63) is 17.8 Å². The van der Waals surface area contributed by atoms with Crippen molar-refractivity contribution in [2.24, 2.45) is 5.92 Å². The van der Waals surface area contributed by atoms with Gasteiger partial charge in [0.15, 0.2) is 10.8 Å². The fourth-order valence-electron chi connectivity index (χ4n) is 4.31. The predicted octanol–water partition coefficient (Wildman–Crippen LogP) is 3.22. The van der Waals surface area contributed by atoms with E-state index in [4.69, 9.17) is 11.6 Å². The highest BCUT2D eigenvalue weighted by atomic mass is 35.5. The van der Waals surface area contributed by atoms with Crippen LogP contribution in [-0.2, 0) is 4.79 Å². The first-order valence-corrected chi connectivity index (χ1v) is 9.19. The van der Waals surface area contributed by atoms with Crippen molar-refractivity contribution in [1.82, 2.24) is 24.4 Å². The van der Waals surface area contributed by atoms with Crippen molar-refractivity contribution in [2.75, 3.05) is 6.54 Å². The van der Waals surface area contributed by atoms with Crippen LogP contribution in [0.5, 0.6) is 0 Å². The lowest BCUT2D eigenvalue weighted by Gasteiger charge is -2.32. The first-order valence-electron chi connectivity index (χ1n) is 8.81. The fourth-order valence-corrected chi connectivity index (χ4v) is 4.49. The second-order valence-corrected chi connectivity index (χ2v) is 7.30. The standard InChI is InChI=1S/C17H22ClN5O/c1-2-3-4-5-14(24)22-8-11-6-12(22)7-13(11)23-10-21-15-16(18)19-9-20-17(15)23/h9-13H,2-8H2,1H3/t11-,12-,13?/m1/s1. The highest BCUT2D eigenvalue weighted by molar-refractivity contribution is 6.33. The zero-order valence-electron chi connectivity index (χ0n) is 13.9. The van der Waals surface area contributed by atoms with E-state index in [0.29, 0.717) is 41.0 Å². The van der Waals surface area contributed by atoms with Gasteiger partial charge in [-0.05, 0) is 25.2 Å². The third kappa shape index (κ3) is 2.57. The van der Waals surface area contributed by atoms with Gasteiger partial charge in [0.25, 0.3) is 0 Å². The molecule has 1 aliphatic heterocycles. The van der Waals surface area contributed by atoms with Crippen LogP contribution in [0.1, 0.15) is 51.5 Å². The number of unbranched alkanes of at least 4 members (excludes halogenated alkanes) is 2. The third-order valence-electron chi connectivity index (χ3n) is 5.49. The van der Waals surface area contributed by atoms with Crippen molar-refractivity contribution in [2.45, 2.75) is 57.5 Å².